The van der Waals surface area contributed by atoms with E-state index in [-0.39, 0.29) is 11.4 Å². The topological polar surface area (TPSA) is 26.3 Å². The maximum absolute atomic E-state index is 11.6. The van der Waals surface area contributed by atoms with Crippen LogP contribution in [0.2, 0.25) is 0 Å². The van der Waals surface area contributed by atoms with Crippen molar-refractivity contribution < 1.29 is 9.53 Å². The molecule has 84 valence electrons. The second-order valence-corrected chi connectivity index (χ2v) is 4.70. The van der Waals surface area contributed by atoms with E-state index in [9.17, 15) is 4.79 Å². The Hall–Kier alpha value is -0.530. The molecule has 0 saturated carbocycles. The first-order valence-corrected chi connectivity index (χ1v) is 5.61. The van der Waals surface area contributed by atoms with Crippen molar-refractivity contribution in [2.75, 3.05) is 6.61 Å². The fraction of sp³-hybridized carbons (Fsp3) is 0.917. The molecule has 0 aliphatic carbocycles. The van der Waals surface area contributed by atoms with Crippen LogP contribution < -0.4 is 0 Å². The Balaban J connectivity index is 4.10. The van der Waals surface area contributed by atoms with E-state index in [4.69, 9.17) is 4.74 Å². The molecule has 0 N–H and O–H groups in total. The predicted octanol–water partition coefficient (Wildman–Crippen LogP) is 3.40. The smallest absolute Gasteiger partial charge is 0.311 e. The van der Waals surface area contributed by atoms with E-state index in [1.807, 2.05) is 20.8 Å². The molecule has 0 saturated heterocycles. The van der Waals surface area contributed by atoms with Crippen LogP contribution in [-0.2, 0) is 9.53 Å². The van der Waals surface area contributed by atoms with Crippen molar-refractivity contribution in [1.82, 2.24) is 0 Å². The number of ether oxygens (including phenoxy) is 1. The zero-order valence-electron chi connectivity index (χ0n) is 10.2. The van der Waals surface area contributed by atoms with Gasteiger partial charge in [-0.15, -0.1) is 0 Å². The van der Waals surface area contributed by atoms with Gasteiger partial charge in [-0.25, -0.2) is 0 Å². The van der Waals surface area contributed by atoms with Gasteiger partial charge in [0, 0.05) is 0 Å². The molecule has 1 unspecified atom stereocenters. The molecule has 0 spiro atoms. The maximum atomic E-state index is 11.6. The summed E-state index contributed by atoms with van der Waals surface area (Å²) in [5.41, 5.74) is -0.329. The molecule has 0 radical (unpaired) electrons. The minimum Gasteiger partial charge on any atom is -0.466 e. The number of carbonyl (C=O) groups excluding carboxylic acids is 1. The Labute approximate surface area is 88.0 Å². The van der Waals surface area contributed by atoms with Gasteiger partial charge in [0.2, 0.25) is 0 Å². The predicted molar refractivity (Wildman–Crippen MR) is 59.1 cm³/mol. The molecule has 2 nitrogen and oxygen atoms in total. The summed E-state index contributed by atoms with van der Waals surface area (Å²) >= 11 is 0. The fourth-order valence-electron chi connectivity index (χ4n) is 1.88. The van der Waals surface area contributed by atoms with E-state index in [1.54, 1.807) is 0 Å². The summed E-state index contributed by atoms with van der Waals surface area (Å²) in [6.45, 7) is 10.6. The lowest BCUT2D eigenvalue weighted by atomic mass is 9.82. The molecule has 0 aromatic carbocycles. The molecule has 0 aromatic rings. The number of hydrogen-bond acceptors (Lipinski definition) is 2. The lowest BCUT2D eigenvalue weighted by Gasteiger charge is -2.25. The molecule has 0 aromatic heterocycles. The summed E-state index contributed by atoms with van der Waals surface area (Å²) in [4.78, 5) is 11.6. The van der Waals surface area contributed by atoms with Crippen molar-refractivity contribution in [2.45, 2.75) is 53.9 Å². The third-order valence-corrected chi connectivity index (χ3v) is 2.47. The third kappa shape index (κ3) is 4.64. The van der Waals surface area contributed by atoms with Crippen LogP contribution in [-0.4, -0.2) is 12.6 Å². The summed E-state index contributed by atoms with van der Waals surface area (Å²) in [5.74, 6) is 0.530. The van der Waals surface area contributed by atoms with Gasteiger partial charge in [0.1, 0.15) is 0 Å². The number of hydrogen-bond donors (Lipinski definition) is 0. The number of esters is 1. The highest BCUT2D eigenvalue weighted by Gasteiger charge is 2.30. The first-order valence-electron chi connectivity index (χ1n) is 5.61. The summed E-state index contributed by atoms with van der Waals surface area (Å²) in [7, 11) is 0. The molecule has 14 heavy (non-hydrogen) atoms. The lowest BCUT2D eigenvalue weighted by Crippen LogP contribution is -2.28. The third-order valence-electron chi connectivity index (χ3n) is 2.47. The first kappa shape index (κ1) is 13.5. The zero-order chi connectivity index (χ0) is 11.2. The van der Waals surface area contributed by atoms with Crippen LogP contribution in [0, 0.1) is 11.3 Å². The average molecular weight is 200 g/mol. The molecule has 0 amide bonds. The molecule has 0 bridgehead atoms. The van der Waals surface area contributed by atoms with Crippen LogP contribution in [0.1, 0.15) is 53.9 Å². The summed E-state index contributed by atoms with van der Waals surface area (Å²) in [6.07, 6.45) is 3.28. The molecule has 0 rings (SSSR count). The second-order valence-electron chi connectivity index (χ2n) is 4.70. The monoisotopic (exact) mass is 200 g/mol. The van der Waals surface area contributed by atoms with Crippen LogP contribution in [0.25, 0.3) is 0 Å². The van der Waals surface area contributed by atoms with Gasteiger partial charge < -0.3 is 4.74 Å². The largest absolute Gasteiger partial charge is 0.466 e. The summed E-state index contributed by atoms with van der Waals surface area (Å²) < 4.78 is 5.05. The van der Waals surface area contributed by atoms with E-state index < -0.39 is 0 Å². The van der Waals surface area contributed by atoms with Gasteiger partial charge in [0.15, 0.2) is 0 Å². The average Bonchev–Trinajstić information content (AvgIpc) is 2.03. The van der Waals surface area contributed by atoms with Crippen molar-refractivity contribution in [1.29, 1.82) is 0 Å². The Morgan fingerprint density at radius 1 is 1.36 bits per heavy atom. The minimum atomic E-state index is -0.329. The van der Waals surface area contributed by atoms with Gasteiger partial charge in [-0.3, -0.25) is 4.79 Å². The van der Waals surface area contributed by atoms with Gasteiger partial charge in [-0.05, 0) is 33.1 Å². The van der Waals surface area contributed by atoms with Crippen molar-refractivity contribution in [2.24, 2.45) is 11.3 Å². The number of carbonyl (C=O) groups is 1. The van der Waals surface area contributed by atoms with Crippen LogP contribution in [0.5, 0.6) is 0 Å². The zero-order valence-corrected chi connectivity index (χ0v) is 10.2. The van der Waals surface area contributed by atoms with Gasteiger partial charge in [0.25, 0.3) is 0 Å². The molecule has 0 fully saturated rings. The van der Waals surface area contributed by atoms with E-state index in [1.165, 1.54) is 12.8 Å². The quantitative estimate of drug-likeness (QED) is 0.614. The van der Waals surface area contributed by atoms with Gasteiger partial charge in [0.05, 0.1) is 12.0 Å². The molecule has 1 atom stereocenters. The maximum Gasteiger partial charge on any atom is 0.311 e. The lowest BCUT2D eigenvalue weighted by molar-refractivity contribution is -0.154. The summed E-state index contributed by atoms with van der Waals surface area (Å²) in [6, 6.07) is 0. The Morgan fingerprint density at radius 2 is 1.93 bits per heavy atom. The minimum absolute atomic E-state index is 0.0667. The van der Waals surface area contributed by atoms with Crippen LogP contribution in [0.15, 0.2) is 0 Å². The molecule has 0 heterocycles. The van der Waals surface area contributed by atoms with Crippen molar-refractivity contribution in [3.63, 3.8) is 0 Å². The van der Waals surface area contributed by atoms with Gasteiger partial charge >= 0.3 is 5.97 Å². The second kappa shape index (κ2) is 6.05. The highest BCUT2D eigenvalue weighted by molar-refractivity contribution is 5.75. The van der Waals surface area contributed by atoms with E-state index in [0.717, 1.165) is 6.42 Å². The highest BCUT2D eigenvalue weighted by Crippen LogP contribution is 2.28. The molecule has 0 aliphatic rings. The normalized spacial score (nSPS) is 13.8. The highest BCUT2D eigenvalue weighted by atomic mass is 16.5. The van der Waals surface area contributed by atoms with E-state index in [2.05, 4.69) is 13.8 Å². The Bertz CT molecular complexity index is 173. The standard InChI is InChI=1S/C12H24O2/c1-6-8-10(3)9-12(4,5)11(13)14-7-2/h10H,6-9H2,1-5H3. The van der Waals surface area contributed by atoms with Crippen molar-refractivity contribution in [3.8, 4) is 0 Å². The van der Waals surface area contributed by atoms with E-state index >= 15 is 0 Å². The summed E-state index contributed by atoms with van der Waals surface area (Å²) in [5, 5.41) is 0. The van der Waals surface area contributed by atoms with Gasteiger partial charge in [-0.1, -0.05) is 26.7 Å². The Kier molecular flexibility index (Phi) is 5.82. The SMILES string of the molecule is CCCC(C)CC(C)(C)C(=O)OCC. The van der Waals surface area contributed by atoms with Gasteiger partial charge in [-0.2, -0.15) is 0 Å². The van der Waals surface area contributed by atoms with Crippen LogP contribution >= 0.6 is 0 Å². The molecule has 2 heteroatoms. The van der Waals surface area contributed by atoms with E-state index in [0.29, 0.717) is 12.5 Å². The molecular formula is C12H24O2. The van der Waals surface area contributed by atoms with Crippen LogP contribution in [0.4, 0.5) is 0 Å². The van der Waals surface area contributed by atoms with Crippen LogP contribution in [0.3, 0.4) is 0 Å². The van der Waals surface area contributed by atoms with Crippen molar-refractivity contribution in [3.05, 3.63) is 0 Å². The molecular weight excluding hydrogens is 176 g/mol. The molecule has 0 aliphatic heterocycles. The first-order chi connectivity index (χ1) is 6.44. The number of rotatable bonds is 6. The fourth-order valence-corrected chi connectivity index (χ4v) is 1.88. The Morgan fingerprint density at radius 3 is 2.36 bits per heavy atom. The van der Waals surface area contributed by atoms with Crippen molar-refractivity contribution >= 4 is 5.97 Å².